The molecule has 0 bridgehead atoms. The highest BCUT2D eigenvalue weighted by molar-refractivity contribution is 7.10. The average molecular weight is 444 g/mol. The van der Waals surface area contributed by atoms with Gasteiger partial charge in [0.1, 0.15) is 5.82 Å². The van der Waals surface area contributed by atoms with Crippen molar-refractivity contribution in [2.24, 2.45) is 4.99 Å². The summed E-state index contributed by atoms with van der Waals surface area (Å²) in [6.07, 6.45) is -4.63. The summed E-state index contributed by atoms with van der Waals surface area (Å²) in [6, 6.07) is 6.83. The van der Waals surface area contributed by atoms with Crippen LogP contribution in [0.5, 0.6) is 0 Å². The Kier molecular flexibility index (Phi) is 7.68. The Hall–Kier alpha value is -2.17. The van der Waals surface area contributed by atoms with Gasteiger partial charge >= 0.3 is 6.18 Å². The number of halogens is 4. The van der Waals surface area contributed by atoms with Gasteiger partial charge in [-0.3, -0.25) is 9.89 Å². The first-order chi connectivity index (χ1) is 14.4. The first-order valence-electron chi connectivity index (χ1n) is 9.54. The second-order valence-corrected chi connectivity index (χ2v) is 7.76. The number of thiophene rings is 1. The summed E-state index contributed by atoms with van der Waals surface area (Å²) < 4.78 is 58.3. The number of benzene rings is 1. The molecule has 1 unspecified atom stereocenters. The quantitative estimate of drug-likeness (QED) is 0.406. The van der Waals surface area contributed by atoms with Crippen molar-refractivity contribution in [2.75, 3.05) is 39.9 Å². The van der Waals surface area contributed by atoms with Gasteiger partial charge in [0, 0.05) is 38.1 Å². The van der Waals surface area contributed by atoms with E-state index in [0.717, 1.165) is 25.2 Å². The van der Waals surface area contributed by atoms with Crippen LogP contribution < -0.4 is 10.6 Å². The number of hydrogen-bond acceptors (Lipinski definition) is 4. The number of ether oxygens (including phenoxy) is 1. The van der Waals surface area contributed by atoms with Crippen LogP contribution in [0, 0.1) is 5.82 Å². The predicted molar refractivity (Wildman–Crippen MR) is 109 cm³/mol. The first kappa shape index (κ1) is 22.5. The molecule has 0 spiro atoms. The van der Waals surface area contributed by atoms with Crippen LogP contribution in [0.25, 0.3) is 0 Å². The second-order valence-electron chi connectivity index (χ2n) is 6.79. The van der Waals surface area contributed by atoms with E-state index in [1.54, 1.807) is 18.4 Å². The van der Waals surface area contributed by atoms with Crippen LogP contribution >= 0.6 is 11.3 Å². The molecule has 3 rings (SSSR count). The van der Waals surface area contributed by atoms with Crippen LogP contribution in [-0.4, -0.2) is 50.8 Å². The summed E-state index contributed by atoms with van der Waals surface area (Å²) in [7, 11) is 1.56. The molecule has 164 valence electrons. The van der Waals surface area contributed by atoms with E-state index in [4.69, 9.17) is 4.74 Å². The number of aliphatic imine (C=N–C) groups is 1. The third kappa shape index (κ3) is 5.93. The lowest BCUT2D eigenvalue weighted by Gasteiger charge is -2.34. The molecule has 0 saturated carbocycles. The highest BCUT2D eigenvalue weighted by Crippen LogP contribution is 2.32. The lowest BCUT2D eigenvalue weighted by molar-refractivity contribution is -0.138. The van der Waals surface area contributed by atoms with Gasteiger partial charge in [0.15, 0.2) is 5.96 Å². The van der Waals surface area contributed by atoms with Gasteiger partial charge in [-0.25, -0.2) is 4.39 Å². The van der Waals surface area contributed by atoms with Gasteiger partial charge < -0.3 is 15.4 Å². The van der Waals surface area contributed by atoms with Crippen LogP contribution in [0.2, 0.25) is 0 Å². The highest BCUT2D eigenvalue weighted by Gasteiger charge is 2.33. The third-order valence-electron chi connectivity index (χ3n) is 4.87. The molecular formula is C20H24F4N4OS. The molecule has 1 aromatic carbocycles. The van der Waals surface area contributed by atoms with Gasteiger partial charge in [-0.15, -0.1) is 11.3 Å². The minimum absolute atomic E-state index is 0.0464. The maximum Gasteiger partial charge on any atom is 0.416 e. The van der Waals surface area contributed by atoms with Gasteiger partial charge in [0.2, 0.25) is 0 Å². The Morgan fingerprint density at radius 1 is 1.23 bits per heavy atom. The molecular weight excluding hydrogens is 420 g/mol. The van der Waals surface area contributed by atoms with E-state index < -0.39 is 17.6 Å². The second kappa shape index (κ2) is 10.2. The van der Waals surface area contributed by atoms with Crippen molar-refractivity contribution >= 4 is 17.3 Å². The molecule has 5 nitrogen and oxygen atoms in total. The number of morpholine rings is 1. The molecule has 10 heteroatoms. The summed E-state index contributed by atoms with van der Waals surface area (Å²) in [6.45, 7) is 3.35. The van der Waals surface area contributed by atoms with Crippen molar-refractivity contribution < 1.29 is 22.3 Å². The van der Waals surface area contributed by atoms with Crippen molar-refractivity contribution in [1.29, 1.82) is 0 Å². The van der Waals surface area contributed by atoms with Gasteiger partial charge in [-0.2, -0.15) is 13.2 Å². The van der Waals surface area contributed by atoms with E-state index in [-0.39, 0.29) is 18.2 Å². The molecule has 30 heavy (non-hydrogen) atoms. The number of alkyl halides is 3. The van der Waals surface area contributed by atoms with E-state index in [1.807, 2.05) is 11.4 Å². The van der Waals surface area contributed by atoms with Crippen molar-refractivity contribution in [3.05, 3.63) is 57.5 Å². The Bertz CT molecular complexity index is 836. The molecule has 0 radical (unpaired) electrons. The third-order valence-corrected chi connectivity index (χ3v) is 5.84. The Morgan fingerprint density at radius 3 is 2.63 bits per heavy atom. The smallest absolute Gasteiger partial charge is 0.379 e. The molecule has 1 aliphatic rings. The number of nitrogens with one attached hydrogen (secondary N) is 2. The molecule has 0 amide bonds. The standard InChI is InChI=1S/C20H24F4N4OS/c1-25-19(26-12-14-4-5-15(21)11-16(14)20(22,23)24)27-13-17(18-3-2-10-30-18)28-6-8-29-9-7-28/h2-5,10-11,17H,6-9,12-13H2,1H3,(H2,25,26,27). The molecule has 2 N–H and O–H groups in total. The Labute approximate surface area is 176 Å². The maximum absolute atomic E-state index is 13.3. The number of rotatable bonds is 6. The predicted octanol–water partition coefficient (Wildman–Crippen LogP) is 3.64. The number of guanidine groups is 1. The Morgan fingerprint density at radius 2 is 2.00 bits per heavy atom. The van der Waals surface area contributed by atoms with E-state index in [0.29, 0.717) is 31.8 Å². The number of hydrogen-bond donors (Lipinski definition) is 2. The fourth-order valence-corrected chi connectivity index (χ4v) is 4.20. The van der Waals surface area contributed by atoms with E-state index in [9.17, 15) is 17.6 Å². The van der Waals surface area contributed by atoms with Gasteiger partial charge in [-0.1, -0.05) is 12.1 Å². The first-order valence-corrected chi connectivity index (χ1v) is 10.4. The Balaban J connectivity index is 1.64. The molecule has 0 aliphatic carbocycles. The molecule has 2 aromatic rings. The fourth-order valence-electron chi connectivity index (χ4n) is 3.34. The number of nitrogens with zero attached hydrogens (tertiary/aromatic N) is 2. The topological polar surface area (TPSA) is 48.9 Å². The van der Waals surface area contributed by atoms with Gasteiger partial charge in [0.25, 0.3) is 0 Å². The summed E-state index contributed by atoms with van der Waals surface area (Å²) >= 11 is 1.66. The van der Waals surface area contributed by atoms with Crippen LogP contribution in [0.15, 0.2) is 40.7 Å². The zero-order valence-electron chi connectivity index (χ0n) is 16.5. The van der Waals surface area contributed by atoms with Crippen LogP contribution in [-0.2, 0) is 17.5 Å². The van der Waals surface area contributed by atoms with E-state index >= 15 is 0 Å². The van der Waals surface area contributed by atoms with Gasteiger partial charge in [-0.05, 0) is 29.1 Å². The largest absolute Gasteiger partial charge is 0.416 e. The summed E-state index contributed by atoms with van der Waals surface area (Å²) in [4.78, 5) is 7.62. The van der Waals surface area contributed by atoms with Crippen molar-refractivity contribution in [1.82, 2.24) is 15.5 Å². The minimum Gasteiger partial charge on any atom is -0.379 e. The lowest BCUT2D eigenvalue weighted by Crippen LogP contribution is -2.46. The van der Waals surface area contributed by atoms with Crippen LogP contribution in [0.1, 0.15) is 22.0 Å². The molecule has 1 aromatic heterocycles. The van der Waals surface area contributed by atoms with Gasteiger partial charge in [0.05, 0.1) is 24.8 Å². The van der Waals surface area contributed by atoms with Crippen LogP contribution in [0.4, 0.5) is 17.6 Å². The molecule has 2 heterocycles. The fraction of sp³-hybridized carbons (Fsp3) is 0.450. The van der Waals surface area contributed by atoms with Crippen molar-refractivity contribution in [2.45, 2.75) is 18.8 Å². The maximum atomic E-state index is 13.3. The summed E-state index contributed by atoms with van der Waals surface area (Å²) in [5.41, 5.74) is -1.04. The molecule has 1 saturated heterocycles. The minimum atomic E-state index is -4.63. The zero-order chi connectivity index (χ0) is 21.6. The molecule has 1 aliphatic heterocycles. The van der Waals surface area contributed by atoms with E-state index in [2.05, 4.69) is 26.6 Å². The average Bonchev–Trinajstić information content (AvgIpc) is 3.26. The summed E-state index contributed by atoms with van der Waals surface area (Å²) in [5.74, 6) is -0.542. The lowest BCUT2D eigenvalue weighted by atomic mass is 10.1. The van der Waals surface area contributed by atoms with Crippen molar-refractivity contribution in [3.8, 4) is 0 Å². The SMILES string of the molecule is CN=C(NCc1ccc(F)cc1C(F)(F)F)NCC(c1cccs1)N1CCOCC1. The zero-order valence-corrected chi connectivity index (χ0v) is 17.3. The summed E-state index contributed by atoms with van der Waals surface area (Å²) in [5, 5.41) is 8.12. The van der Waals surface area contributed by atoms with E-state index in [1.165, 1.54) is 4.88 Å². The van der Waals surface area contributed by atoms with Crippen LogP contribution in [0.3, 0.4) is 0 Å². The molecule has 1 atom stereocenters. The molecule has 1 fully saturated rings. The van der Waals surface area contributed by atoms with Crippen molar-refractivity contribution in [3.63, 3.8) is 0 Å². The monoisotopic (exact) mass is 444 g/mol. The highest BCUT2D eigenvalue weighted by atomic mass is 32.1. The normalized spacial score (nSPS) is 17.0.